The molecule has 0 heterocycles. The molecule has 0 radical (unpaired) electrons. The van der Waals surface area contributed by atoms with Gasteiger partial charge in [0.1, 0.15) is 0 Å². The monoisotopic (exact) mass is 241 g/mol. The normalized spacial score (nSPS) is 17.1. The van der Waals surface area contributed by atoms with Crippen molar-refractivity contribution in [2.24, 2.45) is 5.41 Å². The van der Waals surface area contributed by atoms with Crippen LogP contribution in [-0.2, 0) is 9.59 Å². The largest absolute Gasteiger partial charge is 0.481 e. The second kappa shape index (κ2) is 6.03. The average molecular weight is 241 g/mol. The van der Waals surface area contributed by atoms with Crippen LogP contribution in [0.15, 0.2) is 0 Å². The van der Waals surface area contributed by atoms with E-state index in [1.807, 2.05) is 13.8 Å². The number of nitrogens with one attached hydrogen (secondary N) is 1. The van der Waals surface area contributed by atoms with E-state index in [9.17, 15) is 14.7 Å². The maximum Gasteiger partial charge on any atom is 0.310 e. The summed E-state index contributed by atoms with van der Waals surface area (Å²) in [6.07, 6.45) is 5.49. The van der Waals surface area contributed by atoms with Crippen molar-refractivity contribution in [1.29, 1.82) is 0 Å². The Labute approximate surface area is 103 Å². The van der Waals surface area contributed by atoms with Crippen molar-refractivity contribution in [3.8, 4) is 0 Å². The molecule has 2 N–H and O–H groups in total. The minimum Gasteiger partial charge on any atom is -0.481 e. The number of carbonyl (C=O) groups excluding carboxylic acids is 1. The third-order valence-electron chi connectivity index (χ3n) is 4.03. The highest BCUT2D eigenvalue weighted by atomic mass is 16.4. The standard InChI is InChI=1S/C13H23NO3/c1-3-13(4-2,12(16)17)9-11(15)14-10-7-5-6-8-10/h10H,3-9H2,1-2H3,(H,14,15)(H,16,17). The summed E-state index contributed by atoms with van der Waals surface area (Å²) in [6.45, 7) is 3.67. The van der Waals surface area contributed by atoms with E-state index in [0.717, 1.165) is 25.7 Å². The SMILES string of the molecule is CCC(CC)(CC(=O)NC1CCCC1)C(=O)O. The van der Waals surface area contributed by atoms with E-state index < -0.39 is 11.4 Å². The molecule has 0 aliphatic heterocycles. The summed E-state index contributed by atoms with van der Waals surface area (Å²) < 4.78 is 0. The molecular weight excluding hydrogens is 218 g/mol. The quantitative estimate of drug-likeness (QED) is 0.750. The lowest BCUT2D eigenvalue weighted by molar-refractivity contribution is -0.152. The maximum atomic E-state index is 11.9. The number of aliphatic carboxylic acids is 1. The van der Waals surface area contributed by atoms with Crippen LogP contribution in [0, 0.1) is 5.41 Å². The lowest BCUT2D eigenvalue weighted by Gasteiger charge is -2.26. The van der Waals surface area contributed by atoms with Crippen LogP contribution < -0.4 is 5.32 Å². The van der Waals surface area contributed by atoms with E-state index in [0.29, 0.717) is 12.8 Å². The Bertz CT molecular complexity index is 278. The number of hydrogen-bond acceptors (Lipinski definition) is 2. The lowest BCUT2D eigenvalue weighted by Crippen LogP contribution is -2.40. The Morgan fingerprint density at radius 2 is 1.76 bits per heavy atom. The van der Waals surface area contributed by atoms with Gasteiger partial charge in [-0.3, -0.25) is 9.59 Å². The molecule has 0 aromatic rings. The molecule has 0 spiro atoms. The molecule has 1 aliphatic carbocycles. The van der Waals surface area contributed by atoms with Crippen LogP contribution in [0.1, 0.15) is 58.8 Å². The number of carboxylic acid groups (broad SMARTS) is 1. The fraction of sp³-hybridized carbons (Fsp3) is 0.846. The smallest absolute Gasteiger partial charge is 0.310 e. The Balaban J connectivity index is 2.54. The van der Waals surface area contributed by atoms with Crippen molar-refractivity contribution in [2.45, 2.75) is 64.8 Å². The van der Waals surface area contributed by atoms with E-state index in [2.05, 4.69) is 5.32 Å². The Hall–Kier alpha value is -1.06. The molecule has 1 aliphatic rings. The van der Waals surface area contributed by atoms with Crippen LogP contribution in [0.3, 0.4) is 0 Å². The van der Waals surface area contributed by atoms with Crippen molar-refractivity contribution in [3.05, 3.63) is 0 Å². The molecule has 0 atom stereocenters. The van der Waals surface area contributed by atoms with E-state index >= 15 is 0 Å². The topological polar surface area (TPSA) is 66.4 Å². The van der Waals surface area contributed by atoms with Crippen molar-refractivity contribution in [3.63, 3.8) is 0 Å². The first-order chi connectivity index (χ1) is 8.04. The predicted octanol–water partition coefficient (Wildman–Crippen LogP) is 2.33. The van der Waals surface area contributed by atoms with E-state index in [1.54, 1.807) is 0 Å². The first kappa shape index (κ1) is 14.0. The molecule has 0 aromatic heterocycles. The summed E-state index contributed by atoms with van der Waals surface area (Å²) in [6, 6.07) is 0.266. The number of hydrogen-bond donors (Lipinski definition) is 2. The van der Waals surface area contributed by atoms with Crippen LogP contribution >= 0.6 is 0 Å². The van der Waals surface area contributed by atoms with Gasteiger partial charge < -0.3 is 10.4 Å². The van der Waals surface area contributed by atoms with E-state index in [1.165, 1.54) is 0 Å². The number of carbonyl (C=O) groups is 2. The molecule has 0 aromatic carbocycles. The van der Waals surface area contributed by atoms with Crippen LogP contribution in [-0.4, -0.2) is 23.0 Å². The first-order valence-corrected chi connectivity index (χ1v) is 6.57. The Morgan fingerprint density at radius 3 is 2.18 bits per heavy atom. The molecule has 1 amide bonds. The second-order valence-corrected chi connectivity index (χ2v) is 5.02. The average Bonchev–Trinajstić information content (AvgIpc) is 2.78. The molecular formula is C13H23NO3. The second-order valence-electron chi connectivity index (χ2n) is 5.02. The highest BCUT2D eigenvalue weighted by molar-refractivity contribution is 5.85. The molecule has 1 rings (SSSR count). The molecule has 1 saturated carbocycles. The summed E-state index contributed by atoms with van der Waals surface area (Å²) in [4.78, 5) is 23.1. The van der Waals surface area contributed by atoms with Crippen molar-refractivity contribution < 1.29 is 14.7 Å². The van der Waals surface area contributed by atoms with Gasteiger partial charge in [0.2, 0.25) is 5.91 Å². The van der Waals surface area contributed by atoms with Crippen LogP contribution in [0.2, 0.25) is 0 Å². The van der Waals surface area contributed by atoms with Gasteiger partial charge in [0, 0.05) is 12.5 Å². The number of rotatable bonds is 6. The van der Waals surface area contributed by atoms with Crippen LogP contribution in [0.5, 0.6) is 0 Å². The molecule has 0 bridgehead atoms. The molecule has 17 heavy (non-hydrogen) atoms. The maximum absolute atomic E-state index is 11.9. The van der Waals surface area contributed by atoms with Crippen molar-refractivity contribution in [2.75, 3.05) is 0 Å². The first-order valence-electron chi connectivity index (χ1n) is 6.57. The minimum atomic E-state index is -0.886. The van der Waals surface area contributed by atoms with Gasteiger partial charge in [-0.05, 0) is 25.7 Å². The predicted molar refractivity (Wildman–Crippen MR) is 65.7 cm³/mol. The minimum absolute atomic E-state index is 0.103. The fourth-order valence-corrected chi connectivity index (χ4v) is 2.53. The summed E-state index contributed by atoms with van der Waals surface area (Å²) in [5, 5.41) is 12.2. The van der Waals surface area contributed by atoms with Crippen molar-refractivity contribution >= 4 is 11.9 Å². The van der Waals surface area contributed by atoms with E-state index in [-0.39, 0.29) is 18.4 Å². The highest BCUT2D eigenvalue weighted by Gasteiger charge is 2.37. The van der Waals surface area contributed by atoms with Gasteiger partial charge in [-0.15, -0.1) is 0 Å². The highest BCUT2D eigenvalue weighted by Crippen LogP contribution is 2.31. The molecule has 98 valence electrons. The number of amides is 1. The molecule has 4 heteroatoms. The summed E-state index contributed by atoms with van der Waals surface area (Å²) in [7, 11) is 0. The number of carboxylic acids is 1. The molecule has 0 unspecified atom stereocenters. The summed E-state index contributed by atoms with van der Waals surface area (Å²) in [5.74, 6) is -0.966. The summed E-state index contributed by atoms with van der Waals surface area (Å²) >= 11 is 0. The zero-order valence-corrected chi connectivity index (χ0v) is 10.8. The van der Waals surface area contributed by atoms with Gasteiger partial charge in [0.15, 0.2) is 0 Å². The zero-order chi connectivity index (χ0) is 12.9. The van der Waals surface area contributed by atoms with Crippen LogP contribution in [0.4, 0.5) is 0 Å². The fourth-order valence-electron chi connectivity index (χ4n) is 2.53. The molecule has 0 saturated heterocycles. The van der Waals surface area contributed by atoms with Gasteiger partial charge in [-0.2, -0.15) is 0 Å². The lowest BCUT2D eigenvalue weighted by atomic mass is 9.79. The molecule has 4 nitrogen and oxygen atoms in total. The molecule has 1 fully saturated rings. The van der Waals surface area contributed by atoms with E-state index in [4.69, 9.17) is 0 Å². The zero-order valence-electron chi connectivity index (χ0n) is 10.8. The third-order valence-corrected chi connectivity index (χ3v) is 4.03. The van der Waals surface area contributed by atoms with Gasteiger partial charge in [0.25, 0.3) is 0 Å². The Kier molecular flexibility index (Phi) is 4.97. The van der Waals surface area contributed by atoms with Crippen molar-refractivity contribution in [1.82, 2.24) is 5.32 Å². The van der Waals surface area contributed by atoms with Gasteiger partial charge in [-0.25, -0.2) is 0 Å². The summed E-state index contributed by atoms with van der Waals surface area (Å²) in [5.41, 5.74) is -0.886. The van der Waals surface area contributed by atoms with Crippen LogP contribution in [0.25, 0.3) is 0 Å². The van der Waals surface area contributed by atoms with Gasteiger partial charge >= 0.3 is 5.97 Å². The van der Waals surface area contributed by atoms with Gasteiger partial charge in [0.05, 0.1) is 5.41 Å². The van der Waals surface area contributed by atoms with Gasteiger partial charge in [-0.1, -0.05) is 26.7 Å². The Morgan fingerprint density at radius 1 is 1.24 bits per heavy atom. The third kappa shape index (κ3) is 3.45.